The summed E-state index contributed by atoms with van der Waals surface area (Å²) in [6.07, 6.45) is 0. The Kier molecular flexibility index (Phi) is 4.63. The lowest BCUT2D eigenvalue weighted by molar-refractivity contribution is 0.0601. The smallest absolute Gasteiger partial charge is 0.337 e. The minimum absolute atomic E-state index is 0.381. The number of hydrogen-bond acceptors (Lipinski definition) is 4. The van der Waals surface area contributed by atoms with Crippen molar-refractivity contribution >= 4 is 33.3 Å². The fourth-order valence-electron chi connectivity index (χ4n) is 1.79. The van der Waals surface area contributed by atoms with E-state index in [9.17, 15) is 4.79 Å². The van der Waals surface area contributed by atoms with Crippen molar-refractivity contribution in [1.82, 2.24) is 0 Å². The molecule has 0 spiro atoms. The summed E-state index contributed by atoms with van der Waals surface area (Å²) in [6, 6.07) is 12.9. The first-order chi connectivity index (χ1) is 9.61. The van der Waals surface area contributed by atoms with Gasteiger partial charge in [0.25, 0.3) is 0 Å². The molecule has 0 aliphatic carbocycles. The maximum absolute atomic E-state index is 11.5. The fourth-order valence-corrected chi connectivity index (χ4v) is 2.21. The number of rotatable bonds is 4. The van der Waals surface area contributed by atoms with Crippen LogP contribution in [0.4, 0.5) is 11.4 Å². The number of halogens is 1. The number of nitrogens with two attached hydrogens (primary N) is 1. The average Bonchev–Trinajstić information content (AvgIpc) is 2.47. The minimum atomic E-state index is -0.381. The number of ether oxygens (including phenoxy) is 1. The van der Waals surface area contributed by atoms with Gasteiger partial charge in [-0.25, -0.2) is 4.79 Å². The molecule has 0 atom stereocenters. The molecule has 5 heteroatoms. The Balaban J connectivity index is 2.17. The van der Waals surface area contributed by atoms with Crippen molar-refractivity contribution in [2.75, 3.05) is 18.2 Å². The first-order valence-electron chi connectivity index (χ1n) is 6.07. The van der Waals surface area contributed by atoms with Crippen LogP contribution in [-0.4, -0.2) is 13.1 Å². The van der Waals surface area contributed by atoms with E-state index in [1.807, 2.05) is 24.3 Å². The van der Waals surface area contributed by atoms with Gasteiger partial charge in [-0.05, 0) is 29.8 Å². The van der Waals surface area contributed by atoms with Crippen molar-refractivity contribution < 1.29 is 9.53 Å². The Morgan fingerprint density at radius 1 is 1.30 bits per heavy atom. The number of nitrogen functional groups attached to an aromatic ring is 1. The zero-order valence-corrected chi connectivity index (χ0v) is 12.6. The molecule has 0 radical (unpaired) electrons. The molecule has 4 nitrogen and oxygen atoms in total. The summed E-state index contributed by atoms with van der Waals surface area (Å²) in [4.78, 5) is 11.5. The van der Waals surface area contributed by atoms with Gasteiger partial charge in [0.05, 0.1) is 24.0 Å². The summed E-state index contributed by atoms with van der Waals surface area (Å²) in [7, 11) is 1.35. The molecule has 0 aliphatic heterocycles. The van der Waals surface area contributed by atoms with Gasteiger partial charge in [-0.2, -0.15) is 0 Å². The highest BCUT2D eigenvalue weighted by Crippen LogP contribution is 2.23. The molecule has 0 aliphatic rings. The summed E-state index contributed by atoms with van der Waals surface area (Å²) in [6.45, 7) is 0.607. The van der Waals surface area contributed by atoms with E-state index in [0.717, 1.165) is 10.0 Å². The average molecular weight is 335 g/mol. The molecule has 0 fully saturated rings. The van der Waals surface area contributed by atoms with Crippen molar-refractivity contribution in [2.24, 2.45) is 0 Å². The van der Waals surface area contributed by atoms with Gasteiger partial charge in [-0.15, -0.1) is 0 Å². The molecule has 104 valence electrons. The van der Waals surface area contributed by atoms with Crippen molar-refractivity contribution in [2.45, 2.75) is 6.54 Å². The van der Waals surface area contributed by atoms with Crippen LogP contribution in [0.5, 0.6) is 0 Å². The summed E-state index contributed by atoms with van der Waals surface area (Å²) >= 11 is 3.49. The molecule has 0 saturated heterocycles. The van der Waals surface area contributed by atoms with Crippen LogP contribution in [0.3, 0.4) is 0 Å². The number of benzene rings is 2. The molecule has 0 saturated carbocycles. The number of carbonyl (C=O) groups excluding carboxylic acids is 1. The largest absolute Gasteiger partial charge is 0.465 e. The van der Waals surface area contributed by atoms with Gasteiger partial charge in [0.15, 0.2) is 0 Å². The third kappa shape index (κ3) is 3.30. The second-order valence-corrected chi connectivity index (χ2v) is 5.09. The van der Waals surface area contributed by atoms with E-state index in [4.69, 9.17) is 10.5 Å². The lowest BCUT2D eigenvalue weighted by atomic mass is 10.1. The predicted molar refractivity (Wildman–Crippen MR) is 83.7 cm³/mol. The summed E-state index contributed by atoms with van der Waals surface area (Å²) in [5.74, 6) is -0.381. The number of carbonyl (C=O) groups is 1. The highest BCUT2D eigenvalue weighted by molar-refractivity contribution is 9.10. The summed E-state index contributed by atoms with van der Waals surface area (Å²) in [5, 5.41) is 3.23. The first kappa shape index (κ1) is 14.4. The Labute approximate surface area is 126 Å². The van der Waals surface area contributed by atoms with E-state index >= 15 is 0 Å². The topological polar surface area (TPSA) is 64.3 Å². The summed E-state index contributed by atoms with van der Waals surface area (Å²) in [5.41, 5.74) is 8.78. The van der Waals surface area contributed by atoms with E-state index in [2.05, 4.69) is 21.2 Å². The van der Waals surface area contributed by atoms with Crippen LogP contribution in [0.15, 0.2) is 46.9 Å². The number of nitrogens with one attached hydrogen (secondary N) is 1. The van der Waals surface area contributed by atoms with Crippen molar-refractivity contribution in [3.05, 3.63) is 58.1 Å². The first-order valence-corrected chi connectivity index (χ1v) is 6.86. The Bertz CT molecular complexity index is 629. The highest BCUT2D eigenvalue weighted by Gasteiger charge is 2.08. The van der Waals surface area contributed by atoms with Crippen LogP contribution in [0.25, 0.3) is 0 Å². The monoisotopic (exact) mass is 334 g/mol. The minimum Gasteiger partial charge on any atom is -0.465 e. The maximum atomic E-state index is 11.5. The normalized spacial score (nSPS) is 10.1. The van der Waals surface area contributed by atoms with E-state index < -0.39 is 0 Å². The van der Waals surface area contributed by atoms with Gasteiger partial charge in [-0.3, -0.25) is 0 Å². The third-order valence-corrected chi connectivity index (χ3v) is 3.68. The number of esters is 1. The molecule has 0 heterocycles. The molecule has 0 bridgehead atoms. The second-order valence-electron chi connectivity index (χ2n) is 4.24. The molecular formula is C15H15BrN2O2. The number of anilines is 2. The molecule has 0 aromatic heterocycles. The molecule has 2 aromatic rings. The quantitative estimate of drug-likeness (QED) is 0.664. The van der Waals surface area contributed by atoms with Crippen LogP contribution in [0.2, 0.25) is 0 Å². The van der Waals surface area contributed by atoms with Crippen LogP contribution < -0.4 is 11.1 Å². The highest BCUT2D eigenvalue weighted by atomic mass is 79.9. The summed E-state index contributed by atoms with van der Waals surface area (Å²) < 4.78 is 5.72. The fraction of sp³-hybridized carbons (Fsp3) is 0.133. The zero-order valence-electron chi connectivity index (χ0n) is 11.0. The lowest BCUT2D eigenvalue weighted by Gasteiger charge is -2.11. The van der Waals surface area contributed by atoms with Crippen LogP contribution in [0.1, 0.15) is 15.9 Å². The van der Waals surface area contributed by atoms with Gasteiger partial charge in [-0.1, -0.05) is 34.1 Å². The van der Waals surface area contributed by atoms with Gasteiger partial charge < -0.3 is 15.8 Å². The third-order valence-electron chi connectivity index (χ3n) is 2.90. The molecule has 2 aromatic carbocycles. The Hall–Kier alpha value is -2.01. The van der Waals surface area contributed by atoms with Crippen LogP contribution >= 0.6 is 15.9 Å². The maximum Gasteiger partial charge on any atom is 0.337 e. The zero-order chi connectivity index (χ0) is 14.5. The van der Waals surface area contributed by atoms with Crippen LogP contribution in [-0.2, 0) is 11.3 Å². The van der Waals surface area contributed by atoms with E-state index in [1.165, 1.54) is 7.11 Å². The predicted octanol–water partition coefficient (Wildman–Crippen LogP) is 3.43. The van der Waals surface area contributed by atoms with E-state index in [-0.39, 0.29) is 5.97 Å². The van der Waals surface area contributed by atoms with Crippen LogP contribution in [0, 0.1) is 0 Å². The van der Waals surface area contributed by atoms with Gasteiger partial charge in [0.2, 0.25) is 0 Å². The SMILES string of the molecule is COC(=O)c1ccc(N)c(NCc2ccccc2Br)c1. The van der Waals surface area contributed by atoms with E-state index in [0.29, 0.717) is 23.5 Å². The van der Waals surface area contributed by atoms with Gasteiger partial charge in [0, 0.05) is 11.0 Å². The van der Waals surface area contributed by atoms with Gasteiger partial charge >= 0.3 is 5.97 Å². The van der Waals surface area contributed by atoms with E-state index in [1.54, 1.807) is 18.2 Å². The molecule has 2 rings (SSSR count). The molecule has 0 unspecified atom stereocenters. The molecule has 0 amide bonds. The Morgan fingerprint density at radius 2 is 2.05 bits per heavy atom. The van der Waals surface area contributed by atoms with Gasteiger partial charge in [0.1, 0.15) is 0 Å². The number of hydrogen-bond donors (Lipinski definition) is 2. The second kappa shape index (κ2) is 6.43. The Morgan fingerprint density at radius 3 is 2.75 bits per heavy atom. The standard InChI is InChI=1S/C15H15BrN2O2/c1-20-15(19)10-6-7-13(17)14(8-10)18-9-11-4-2-3-5-12(11)16/h2-8,18H,9,17H2,1H3. The molecule has 20 heavy (non-hydrogen) atoms. The van der Waals surface area contributed by atoms with Crippen molar-refractivity contribution in [3.8, 4) is 0 Å². The lowest BCUT2D eigenvalue weighted by Crippen LogP contribution is -2.06. The molecular weight excluding hydrogens is 320 g/mol. The number of methoxy groups -OCH3 is 1. The molecule has 3 N–H and O–H groups in total. The van der Waals surface area contributed by atoms with Crippen molar-refractivity contribution in [1.29, 1.82) is 0 Å². The van der Waals surface area contributed by atoms with Crippen molar-refractivity contribution in [3.63, 3.8) is 0 Å².